The Kier molecular flexibility index (Phi) is 17.3. The molecule has 0 fully saturated rings. The van der Waals surface area contributed by atoms with Gasteiger partial charge in [0.05, 0.1) is 11.9 Å². The van der Waals surface area contributed by atoms with E-state index in [9.17, 15) is 38.4 Å². The quantitative estimate of drug-likeness (QED) is 0.106. The number of carbonyl (C=O) groups is 2. The van der Waals surface area contributed by atoms with Crippen LogP contribution < -0.4 is 63.3 Å². The molecule has 4 heterocycles. The number of rotatable bonds is 11. The molecule has 0 atom stereocenters. The summed E-state index contributed by atoms with van der Waals surface area (Å²) in [6.45, 7) is 2.81. The molecule has 0 radical (unpaired) electrons. The first-order valence-electron chi connectivity index (χ1n) is 16.7. The summed E-state index contributed by atoms with van der Waals surface area (Å²) >= 11 is 3.10. The number of alkyl halides is 1. The van der Waals surface area contributed by atoms with Crippen LogP contribution in [-0.2, 0) is 42.3 Å². The number of aromatic amines is 1. The van der Waals surface area contributed by atoms with Gasteiger partial charge in [0.1, 0.15) is 24.2 Å². The van der Waals surface area contributed by atoms with E-state index < -0.39 is 40.3 Å². The first-order chi connectivity index (χ1) is 26.4. The van der Waals surface area contributed by atoms with Gasteiger partial charge in [-0.15, -0.1) is 0 Å². The molecule has 16 nitrogen and oxygen atoms in total. The van der Waals surface area contributed by atoms with Crippen LogP contribution in [0.4, 0.5) is 0 Å². The van der Waals surface area contributed by atoms with E-state index in [0.717, 1.165) is 19.3 Å². The van der Waals surface area contributed by atoms with E-state index in [1.165, 1.54) is 26.4 Å². The molecule has 2 aromatic carbocycles. The van der Waals surface area contributed by atoms with E-state index in [1.807, 2.05) is 30.3 Å². The van der Waals surface area contributed by atoms with Crippen molar-refractivity contribution in [3.8, 4) is 0 Å². The molecule has 6 aromatic rings. The van der Waals surface area contributed by atoms with Crippen molar-refractivity contribution >= 4 is 49.7 Å². The maximum Gasteiger partial charge on any atom is 1.00 e. The minimum absolute atomic E-state index is 0. The van der Waals surface area contributed by atoms with E-state index in [4.69, 9.17) is 18.3 Å². The number of carbonyl (C=O) groups excluding carboxylic acids is 2. The van der Waals surface area contributed by atoms with E-state index in [2.05, 4.69) is 20.9 Å². The van der Waals surface area contributed by atoms with Gasteiger partial charge in [0.2, 0.25) is 11.4 Å². The van der Waals surface area contributed by atoms with Crippen LogP contribution in [0.3, 0.4) is 0 Å². The maximum atomic E-state index is 13.0. The SMILES string of the molecule is CCc1cc(=O)oc2c1c(=O)[nH]c(=O)n2COC.CCc1cc(=O)oc2c1c(=O)n(CC(=O)c1ccccc1)c(=O)n2COC.O=C(CBr)c1ccccc1.[H-].[Na+]. The van der Waals surface area contributed by atoms with Crippen molar-refractivity contribution in [2.45, 2.75) is 46.7 Å². The topological polar surface area (TPSA) is 212 Å². The number of hydrogen-bond donors (Lipinski definition) is 1. The molecule has 0 aliphatic rings. The summed E-state index contributed by atoms with van der Waals surface area (Å²) in [6, 6.07) is 20.1. The number of nitrogens with one attached hydrogen (secondary N) is 1. The second-order valence-corrected chi connectivity index (χ2v) is 12.1. The zero-order valence-electron chi connectivity index (χ0n) is 32.3. The van der Waals surface area contributed by atoms with Gasteiger partial charge in [0.15, 0.2) is 11.6 Å². The van der Waals surface area contributed by atoms with Crippen molar-refractivity contribution in [2.75, 3.05) is 19.5 Å². The zero-order chi connectivity index (χ0) is 40.2. The molecule has 0 bridgehead atoms. The van der Waals surface area contributed by atoms with Crippen LogP contribution in [-0.4, -0.2) is 49.8 Å². The molecule has 4 aromatic heterocycles. The van der Waals surface area contributed by atoms with Crippen molar-refractivity contribution in [3.63, 3.8) is 0 Å². The fourth-order valence-corrected chi connectivity index (χ4v) is 5.75. The van der Waals surface area contributed by atoms with Crippen molar-refractivity contribution in [1.29, 1.82) is 0 Å². The average Bonchev–Trinajstić information content (AvgIpc) is 3.19. The van der Waals surface area contributed by atoms with Gasteiger partial charge in [0, 0.05) is 37.5 Å². The number of methoxy groups -OCH3 is 2. The molecular formula is C38H38BrN4NaO12. The Morgan fingerprint density at radius 1 is 0.696 bits per heavy atom. The third kappa shape index (κ3) is 10.6. The first-order valence-corrected chi connectivity index (χ1v) is 17.8. The van der Waals surface area contributed by atoms with E-state index in [1.54, 1.807) is 44.2 Å². The number of ether oxygens (including phenoxy) is 2. The van der Waals surface area contributed by atoms with Crippen LogP contribution in [0.1, 0.15) is 47.1 Å². The largest absolute Gasteiger partial charge is 1.00 e. The molecule has 0 saturated heterocycles. The third-order valence-electron chi connectivity index (χ3n) is 8.05. The summed E-state index contributed by atoms with van der Waals surface area (Å²) in [6.07, 6.45) is 0.867. The summed E-state index contributed by atoms with van der Waals surface area (Å²) in [5.74, 6) is -0.255. The fourth-order valence-electron chi connectivity index (χ4n) is 5.43. The second-order valence-electron chi connectivity index (χ2n) is 11.6. The average molecular weight is 846 g/mol. The molecule has 0 aliphatic carbocycles. The van der Waals surface area contributed by atoms with Gasteiger partial charge in [-0.3, -0.25) is 28.7 Å². The van der Waals surface area contributed by atoms with Gasteiger partial charge < -0.3 is 19.7 Å². The molecule has 56 heavy (non-hydrogen) atoms. The smallest absolute Gasteiger partial charge is 1.00 e. The second kappa shape index (κ2) is 21.3. The Bertz CT molecular complexity index is 2690. The van der Waals surface area contributed by atoms with Gasteiger partial charge in [0.25, 0.3) is 11.1 Å². The van der Waals surface area contributed by atoms with Gasteiger partial charge in [-0.05, 0) is 24.0 Å². The minimum Gasteiger partial charge on any atom is -1.00 e. The third-order valence-corrected chi connectivity index (χ3v) is 8.55. The Morgan fingerprint density at radius 2 is 1.16 bits per heavy atom. The Balaban J connectivity index is 0.000000322. The van der Waals surface area contributed by atoms with Crippen LogP contribution in [0.25, 0.3) is 22.2 Å². The van der Waals surface area contributed by atoms with Crippen molar-refractivity contribution in [1.82, 2.24) is 18.7 Å². The number of hydrogen-bond acceptors (Lipinski definition) is 12. The Labute approximate surface area is 349 Å². The zero-order valence-corrected chi connectivity index (χ0v) is 34.9. The van der Waals surface area contributed by atoms with Crippen molar-refractivity contribution in [3.05, 3.63) is 158 Å². The van der Waals surface area contributed by atoms with Crippen LogP contribution in [0.5, 0.6) is 0 Å². The van der Waals surface area contributed by atoms with Crippen LogP contribution in [0.15, 0.2) is 110 Å². The van der Waals surface area contributed by atoms with Gasteiger partial charge in [-0.2, -0.15) is 0 Å². The molecule has 0 amide bonds. The standard InChI is InChI=1S/C19H18N2O6.C11H12N2O5.C8H7BrO.Na.H/c1-3-12-9-15(23)27-18-16(12)17(24)20(19(25)21(18)11-26-2)10-14(22)13-7-5-4-6-8-13;1-3-6-4-7(14)18-10-8(6)9(15)12-11(16)13(10)5-17-2;9-6-8(10)7-4-2-1-3-5-7;;/h4-9H,3,10-11H2,1-2H3;4H,3,5H2,1-2H3,(H,12,15,16);1-5H,6H2;;/q;;;+1;-1. The number of aryl methyl sites for hydroxylation is 2. The number of nitrogens with zero attached hydrogens (tertiary/aromatic N) is 3. The number of fused-ring (bicyclic) bond motifs is 2. The molecule has 1 N–H and O–H groups in total. The fraction of sp³-hybridized carbons (Fsp3) is 0.263. The summed E-state index contributed by atoms with van der Waals surface area (Å²) in [7, 11) is 2.76. The molecule has 0 saturated carbocycles. The Morgan fingerprint density at radius 3 is 1.64 bits per heavy atom. The van der Waals surface area contributed by atoms with Crippen LogP contribution in [0, 0.1) is 0 Å². The minimum atomic E-state index is -0.782. The molecule has 0 spiro atoms. The van der Waals surface area contributed by atoms with Crippen molar-refractivity contribution in [2.24, 2.45) is 0 Å². The van der Waals surface area contributed by atoms with E-state index in [0.29, 0.717) is 34.9 Å². The van der Waals surface area contributed by atoms with Crippen LogP contribution >= 0.6 is 15.9 Å². The van der Waals surface area contributed by atoms with Gasteiger partial charge in [-0.1, -0.05) is 90.4 Å². The molecule has 6 rings (SSSR count). The van der Waals surface area contributed by atoms with E-state index >= 15 is 0 Å². The number of benzene rings is 2. The normalized spacial score (nSPS) is 10.5. The monoisotopic (exact) mass is 844 g/mol. The summed E-state index contributed by atoms with van der Waals surface area (Å²) in [4.78, 5) is 98.0. The number of H-pyrrole nitrogens is 1. The van der Waals surface area contributed by atoms with Gasteiger partial charge >= 0.3 is 52.2 Å². The molecule has 290 valence electrons. The summed E-state index contributed by atoms with van der Waals surface area (Å²) in [5.41, 5.74) is -2.05. The van der Waals surface area contributed by atoms with Crippen molar-refractivity contribution < 1.29 is 58.9 Å². The Hall–Kier alpha value is -5.04. The first kappa shape index (κ1) is 45.4. The predicted octanol–water partition coefficient (Wildman–Crippen LogP) is 0.356. The predicted molar refractivity (Wildman–Crippen MR) is 208 cm³/mol. The van der Waals surface area contributed by atoms with Crippen LogP contribution in [0.2, 0.25) is 0 Å². The number of Topliss-reactive ketones (excluding diaryl/α,β-unsaturated/α-hetero) is 2. The molecule has 18 heteroatoms. The maximum absolute atomic E-state index is 13.0. The summed E-state index contributed by atoms with van der Waals surface area (Å²) < 4.78 is 22.9. The van der Waals surface area contributed by atoms with Gasteiger partial charge in [-0.25, -0.2) is 28.3 Å². The summed E-state index contributed by atoms with van der Waals surface area (Å²) in [5, 5.41) is 0.695. The molecule has 0 unspecified atom stereocenters. The molecule has 0 aliphatic heterocycles. The number of aromatic nitrogens is 4. The number of halogens is 1. The number of ketones is 2. The molecular weight excluding hydrogens is 807 g/mol. The van der Waals surface area contributed by atoms with E-state index in [-0.39, 0.29) is 78.2 Å².